The van der Waals surface area contributed by atoms with Gasteiger partial charge in [0.1, 0.15) is 0 Å². The molecule has 1 aromatic rings. The molecule has 6 heteroatoms. The van der Waals surface area contributed by atoms with Crippen LogP contribution in [0.25, 0.3) is 0 Å². The maximum atomic E-state index is 11.3. The summed E-state index contributed by atoms with van der Waals surface area (Å²) in [5.41, 5.74) is 0. The molecule has 0 aromatic carbocycles. The zero-order chi connectivity index (χ0) is 11.1. The molecule has 0 saturated carbocycles. The SMILES string of the molecule is O=S1(=O)CCC(C(Cl)c2ccc(Br)s2)C1. The van der Waals surface area contributed by atoms with Crippen LogP contribution in [0.3, 0.4) is 0 Å². The van der Waals surface area contributed by atoms with Crippen molar-refractivity contribution in [1.82, 2.24) is 0 Å². The van der Waals surface area contributed by atoms with E-state index in [0.29, 0.717) is 6.42 Å². The van der Waals surface area contributed by atoms with Gasteiger partial charge in [-0.15, -0.1) is 22.9 Å². The fourth-order valence-electron chi connectivity index (χ4n) is 1.76. The Morgan fingerprint density at radius 3 is 2.73 bits per heavy atom. The smallest absolute Gasteiger partial charge is 0.150 e. The summed E-state index contributed by atoms with van der Waals surface area (Å²) in [5.74, 6) is 0.589. The molecular formula is C9H10BrClO2S2. The van der Waals surface area contributed by atoms with E-state index in [1.165, 1.54) is 0 Å². The van der Waals surface area contributed by atoms with Gasteiger partial charge in [-0.1, -0.05) is 0 Å². The molecule has 1 aromatic heterocycles. The summed E-state index contributed by atoms with van der Waals surface area (Å²) in [4.78, 5) is 1.05. The van der Waals surface area contributed by atoms with Crippen molar-refractivity contribution >= 4 is 48.7 Å². The Morgan fingerprint density at radius 2 is 2.27 bits per heavy atom. The third kappa shape index (κ3) is 2.75. The molecule has 0 amide bonds. The lowest BCUT2D eigenvalue weighted by Crippen LogP contribution is -2.09. The number of rotatable bonds is 2. The largest absolute Gasteiger partial charge is 0.229 e. The summed E-state index contributed by atoms with van der Waals surface area (Å²) >= 11 is 11.2. The van der Waals surface area contributed by atoms with Gasteiger partial charge in [-0.25, -0.2) is 8.42 Å². The van der Waals surface area contributed by atoms with E-state index in [1.807, 2.05) is 12.1 Å². The van der Waals surface area contributed by atoms with Crippen molar-refractivity contribution in [3.05, 3.63) is 20.8 Å². The van der Waals surface area contributed by atoms with Crippen LogP contribution in [0.5, 0.6) is 0 Å². The number of hydrogen-bond donors (Lipinski definition) is 0. The molecule has 0 spiro atoms. The van der Waals surface area contributed by atoms with E-state index in [-0.39, 0.29) is 22.8 Å². The summed E-state index contributed by atoms with van der Waals surface area (Å²) in [5, 5.41) is -0.168. The highest BCUT2D eigenvalue weighted by atomic mass is 79.9. The minimum absolute atomic E-state index is 0.0715. The summed E-state index contributed by atoms with van der Waals surface area (Å²) in [7, 11) is -2.83. The van der Waals surface area contributed by atoms with E-state index in [4.69, 9.17) is 11.6 Å². The van der Waals surface area contributed by atoms with Gasteiger partial charge in [-0.05, 0) is 40.4 Å². The first-order chi connectivity index (χ1) is 6.98. The van der Waals surface area contributed by atoms with E-state index in [0.717, 1.165) is 8.66 Å². The average molecular weight is 330 g/mol. The van der Waals surface area contributed by atoms with Crippen molar-refractivity contribution in [2.24, 2.45) is 5.92 Å². The molecule has 0 bridgehead atoms. The van der Waals surface area contributed by atoms with Gasteiger partial charge in [0, 0.05) is 4.88 Å². The molecular weight excluding hydrogens is 320 g/mol. The Bertz CT molecular complexity index is 454. The Labute approximate surface area is 107 Å². The highest BCUT2D eigenvalue weighted by molar-refractivity contribution is 9.11. The van der Waals surface area contributed by atoms with Crippen LogP contribution in [0.15, 0.2) is 15.9 Å². The Balaban J connectivity index is 2.13. The first kappa shape index (κ1) is 11.9. The molecule has 1 aliphatic heterocycles. The number of thiophene rings is 1. The summed E-state index contributed by atoms with van der Waals surface area (Å²) in [6.07, 6.45) is 0.687. The number of halogens is 2. The van der Waals surface area contributed by atoms with E-state index in [1.54, 1.807) is 11.3 Å². The van der Waals surface area contributed by atoms with Crippen LogP contribution in [0.4, 0.5) is 0 Å². The fourth-order valence-corrected chi connectivity index (χ4v) is 5.63. The zero-order valence-electron chi connectivity index (χ0n) is 7.82. The average Bonchev–Trinajstić information content (AvgIpc) is 2.71. The lowest BCUT2D eigenvalue weighted by Gasteiger charge is -2.13. The molecule has 1 aliphatic rings. The van der Waals surface area contributed by atoms with Gasteiger partial charge in [0.25, 0.3) is 0 Å². The molecule has 0 radical (unpaired) electrons. The van der Waals surface area contributed by atoms with Gasteiger partial charge < -0.3 is 0 Å². The van der Waals surface area contributed by atoms with Crippen molar-refractivity contribution < 1.29 is 8.42 Å². The van der Waals surface area contributed by atoms with E-state index in [9.17, 15) is 8.42 Å². The molecule has 0 N–H and O–H groups in total. The quantitative estimate of drug-likeness (QED) is 0.781. The Kier molecular flexibility index (Phi) is 3.45. The number of hydrogen-bond acceptors (Lipinski definition) is 3. The molecule has 1 saturated heterocycles. The maximum absolute atomic E-state index is 11.3. The van der Waals surface area contributed by atoms with E-state index in [2.05, 4.69) is 15.9 Å². The lowest BCUT2D eigenvalue weighted by atomic mass is 10.0. The van der Waals surface area contributed by atoms with Gasteiger partial charge in [-0.2, -0.15) is 0 Å². The molecule has 1 fully saturated rings. The second-order valence-electron chi connectivity index (χ2n) is 3.71. The van der Waals surface area contributed by atoms with Crippen LogP contribution >= 0.6 is 38.9 Å². The van der Waals surface area contributed by atoms with Crippen LogP contribution in [0, 0.1) is 5.92 Å². The standard InChI is InChI=1S/C9H10BrClO2S2/c10-8-2-1-7(14-8)9(11)6-3-4-15(12,13)5-6/h1-2,6,9H,3-5H2. The van der Waals surface area contributed by atoms with Crippen LogP contribution in [-0.4, -0.2) is 19.9 Å². The number of alkyl halides is 1. The van der Waals surface area contributed by atoms with Gasteiger partial charge >= 0.3 is 0 Å². The van der Waals surface area contributed by atoms with Crippen molar-refractivity contribution in [3.63, 3.8) is 0 Å². The normalized spacial score (nSPS) is 26.7. The summed E-state index contributed by atoms with van der Waals surface area (Å²) < 4.78 is 23.7. The molecule has 2 nitrogen and oxygen atoms in total. The van der Waals surface area contributed by atoms with Crippen LogP contribution in [-0.2, 0) is 9.84 Å². The topological polar surface area (TPSA) is 34.1 Å². The van der Waals surface area contributed by atoms with Crippen molar-refractivity contribution in [2.45, 2.75) is 11.8 Å². The molecule has 15 heavy (non-hydrogen) atoms. The first-order valence-electron chi connectivity index (χ1n) is 4.58. The van der Waals surface area contributed by atoms with Gasteiger partial charge in [0.05, 0.1) is 20.7 Å². The van der Waals surface area contributed by atoms with Crippen LogP contribution in [0.2, 0.25) is 0 Å². The minimum Gasteiger partial charge on any atom is -0.229 e. The third-order valence-electron chi connectivity index (χ3n) is 2.55. The summed E-state index contributed by atoms with van der Waals surface area (Å²) in [6.45, 7) is 0. The highest BCUT2D eigenvalue weighted by Gasteiger charge is 2.33. The predicted molar refractivity (Wildman–Crippen MR) is 67.4 cm³/mol. The lowest BCUT2D eigenvalue weighted by molar-refractivity contribution is 0.573. The molecule has 2 unspecified atom stereocenters. The maximum Gasteiger partial charge on any atom is 0.150 e. The van der Waals surface area contributed by atoms with Gasteiger partial charge in [-0.3, -0.25) is 0 Å². The van der Waals surface area contributed by atoms with Gasteiger partial charge in [0.15, 0.2) is 9.84 Å². The van der Waals surface area contributed by atoms with Crippen molar-refractivity contribution in [1.29, 1.82) is 0 Å². The molecule has 2 atom stereocenters. The second-order valence-corrected chi connectivity index (χ2v) is 8.90. The second kappa shape index (κ2) is 4.35. The molecule has 2 heterocycles. The minimum atomic E-state index is -2.83. The first-order valence-corrected chi connectivity index (χ1v) is 8.44. The summed E-state index contributed by atoms with van der Waals surface area (Å²) in [6, 6.07) is 3.90. The predicted octanol–water partition coefficient (Wildman–Crippen LogP) is 3.23. The third-order valence-corrected chi connectivity index (χ3v) is 6.77. The Hall–Kier alpha value is 0.420. The van der Waals surface area contributed by atoms with Crippen LogP contribution < -0.4 is 0 Å². The highest BCUT2D eigenvalue weighted by Crippen LogP contribution is 2.40. The van der Waals surface area contributed by atoms with Crippen molar-refractivity contribution in [3.8, 4) is 0 Å². The van der Waals surface area contributed by atoms with Crippen molar-refractivity contribution in [2.75, 3.05) is 11.5 Å². The van der Waals surface area contributed by atoms with Gasteiger partial charge in [0.2, 0.25) is 0 Å². The number of sulfone groups is 1. The van der Waals surface area contributed by atoms with E-state index >= 15 is 0 Å². The Morgan fingerprint density at radius 1 is 1.53 bits per heavy atom. The van der Waals surface area contributed by atoms with E-state index < -0.39 is 9.84 Å². The molecule has 0 aliphatic carbocycles. The monoisotopic (exact) mass is 328 g/mol. The molecule has 84 valence electrons. The molecule has 2 rings (SSSR count). The zero-order valence-corrected chi connectivity index (χ0v) is 11.8. The van der Waals surface area contributed by atoms with Crippen LogP contribution in [0.1, 0.15) is 16.7 Å². The fraction of sp³-hybridized carbons (Fsp3) is 0.556.